The van der Waals surface area contributed by atoms with Crippen molar-refractivity contribution in [3.63, 3.8) is 0 Å². The Balaban J connectivity index is 1.24. The molecule has 3 atom stereocenters. The standard InChI is InChI=1S/C36H40F2N2O4/c1-21(35(41)42)33(23-6-7-23)24-8-5-22-9-11-30(44-31(22)18-24)27-17-25(20-40-16-4-3-13-36(40)14-15-36)26(19-29(27)38)34-28(37)10-12-32(39-34)43-2/h5,8,10,12,17-19,21,23,30,33H,3-4,6-7,9,11,13-16,20H2,1-2H3,(H,41,42)/t21-,30?,33?/m0/s1. The first-order valence-electron chi connectivity index (χ1n) is 16.1. The molecule has 0 amide bonds. The summed E-state index contributed by atoms with van der Waals surface area (Å²) in [5.74, 6) is -1.00. The molecular formula is C36H40F2N2O4. The Bertz CT molecular complexity index is 1580. The number of aliphatic carboxylic acids is 1. The minimum atomic E-state index is -0.795. The molecule has 8 heteroatoms. The molecule has 4 aliphatic rings. The van der Waals surface area contributed by atoms with Crippen LogP contribution in [-0.2, 0) is 17.8 Å². The van der Waals surface area contributed by atoms with Crippen LogP contribution in [0.2, 0.25) is 0 Å². The Labute approximate surface area is 257 Å². The van der Waals surface area contributed by atoms with Gasteiger partial charge in [0.25, 0.3) is 0 Å². The van der Waals surface area contributed by atoms with Gasteiger partial charge < -0.3 is 14.6 Å². The smallest absolute Gasteiger partial charge is 0.306 e. The Hall–Kier alpha value is -3.52. The van der Waals surface area contributed by atoms with Crippen LogP contribution in [0.3, 0.4) is 0 Å². The van der Waals surface area contributed by atoms with Crippen molar-refractivity contribution in [2.24, 2.45) is 11.8 Å². The van der Waals surface area contributed by atoms with Gasteiger partial charge in [-0.2, -0.15) is 0 Å². The van der Waals surface area contributed by atoms with E-state index < -0.39 is 29.6 Å². The van der Waals surface area contributed by atoms with Gasteiger partial charge in [-0.15, -0.1) is 0 Å². The van der Waals surface area contributed by atoms with Gasteiger partial charge in [0.15, 0.2) is 0 Å². The maximum Gasteiger partial charge on any atom is 0.306 e. The molecule has 0 bridgehead atoms. The summed E-state index contributed by atoms with van der Waals surface area (Å²) in [5.41, 5.74) is 4.04. The van der Waals surface area contributed by atoms with E-state index in [0.717, 1.165) is 68.2 Å². The molecule has 3 aromatic rings. The molecule has 3 heterocycles. The molecule has 2 aliphatic heterocycles. The summed E-state index contributed by atoms with van der Waals surface area (Å²) in [6, 6.07) is 12.1. The predicted molar refractivity (Wildman–Crippen MR) is 163 cm³/mol. The van der Waals surface area contributed by atoms with Gasteiger partial charge in [-0.05, 0) is 111 Å². The van der Waals surface area contributed by atoms with Crippen LogP contribution in [0.15, 0.2) is 42.5 Å². The summed E-state index contributed by atoms with van der Waals surface area (Å²) in [4.78, 5) is 18.8. The van der Waals surface area contributed by atoms with Crippen LogP contribution < -0.4 is 9.47 Å². The van der Waals surface area contributed by atoms with Crippen molar-refractivity contribution in [2.45, 2.75) is 88.8 Å². The van der Waals surface area contributed by atoms with E-state index in [1.165, 1.54) is 31.7 Å². The van der Waals surface area contributed by atoms with Crippen molar-refractivity contribution < 1.29 is 28.2 Å². The van der Waals surface area contributed by atoms with Crippen LogP contribution in [0.4, 0.5) is 8.78 Å². The molecular weight excluding hydrogens is 562 g/mol. The number of aryl methyl sites for hydroxylation is 1. The zero-order valence-electron chi connectivity index (χ0n) is 25.5. The second kappa shape index (κ2) is 11.4. The van der Waals surface area contributed by atoms with Gasteiger partial charge in [0.05, 0.1) is 13.0 Å². The lowest BCUT2D eigenvalue weighted by atomic mass is 9.82. The Morgan fingerprint density at radius 3 is 2.64 bits per heavy atom. The molecule has 2 saturated carbocycles. The molecule has 3 fully saturated rings. The lowest BCUT2D eigenvalue weighted by Gasteiger charge is -2.37. The van der Waals surface area contributed by atoms with Crippen molar-refractivity contribution in [3.05, 3.63) is 76.4 Å². The Morgan fingerprint density at radius 1 is 1.09 bits per heavy atom. The van der Waals surface area contributed by atoms with Crippen LogP contribution in [0.25, 0.3) is 11.3 Å². The third kappa shape index (κ3) is 5.46. The fraction of sp³-hybridized carbons (Fsp3) is 0.500. The number of carboxylic acid groups (broad SMARTS) is 1. The van der Waals surface area contributed by atoms with Crippen LogP contribution in [0.5, 0.6) is 11.6 Å². The number of halogens is 2. The summed E-state index contributed by atoms with van der Waals surface area (Å²) in [7, 11) is 1.48. The number of aromatic nitrogens is 1. The minimum absolute atomic E-state index is 0.0750. The SMILES string of the molecule is COc1ccc(F)c(-c2cc(F)c(C3CCc4ccc(C(C5CC5)[C@H](C)C(=O)O)cc4O3)cc2CN2CCCCC23CC3)n1. The molecule has 1 saturated heterocycles. The minimum Gasteiger partial charge on any atom is -0.485 e. The quantitative estimate of drug-likeness (QED) is 0.269. The molecule has 1 aromatic heterocycles. The maximum atomic E-state index is 16.1. The number of carbonyl (C=O) groups is 1. The van der Waals surface area contributed by atoms with E-state index in [1.54, 1.807) is 6.92 Å². The van der Waals surface area contributed by atoms with Gasteiger partial charge >= 0.3 is 5.97 Å². The number of pyridine rings is 1. The number of ether oxygens (including phenoxy) is 2. The summed E-state index contributed by atoms with van der Waals surface area (Å²) in [6.07, 6.45) is 8.70. The summed E-state index contributed by atoms with van der Waals surface area (Å²) >= 11 is 0. The highest BCUT2D eigenvalue weighted by Crippen LogP contribution is 2.50. The molecule has 2 unspecified atom stereocenters. The average Bonchev–Trinajstić information content (AvgIpc) is 3.97. The lowest BCUT2D eigenvalue weighted by molar-refractivity contribution is -0.142. The monoisotopic (exact) mass is 602 g/mol. The number of methoxy groups -OCH3 is 1. The number of likely N-dealkylation sites (tertiary alicyclic amines) is 1. The van der Waals surface area contributed by atoms with Gasteiger partial charge in [-0.3, -0.25) is 9.69 Å². The fourth-order valence-corrected chi connectivity index (χ4v) is 7.67. The van der Waals surface area contributed by atoms with Gasteiger partial charge in [0, 0.05) is 29.3 Å². The number of nitrogens with zero attached hydrogens (tertiary/aromatic N) is 2. The second-order valence-electron chi connectivity index (χ2n) is 13.3. The van der Waals surface area contributed by atoms with E-state index in [4.69, 9.17) is 9.47 Å². The number of carboxylic acids is 1. The first-order valence-corrected chi connectivity index (χ1v) is 16.1. The van der Waals surface area contributed by atoms with E-state index in [2.05, 4.69) is 9.88 Å². The topological polar surface area (TPSA) is 71.9 Å². The van der Waals surface area contributed by atoms with Crippen molar-refractivity contribution in [2.75, 3.05) is 13.7 Å². The third-order valence-electron chi connectivity index (χ3n) is 10.5. The second-order valence-corrected chi connectivity index (χ2v) is 13.3. The lowest BCUT2D eigenvalue weighted by Crippen LogP contribution is -2.41. The first kappa shape index (κ1) is 29.2. The summed E-state index contributed by atoms with van der Waals surface area (Å²) < 4.78 is 43.1. The van der Waals surface area contributed by atoms with Crippen molar-refractivity contribution in [3.8, 4) is 22.9 Å². The zero-order valence-corrected chi connectivity index (χ0v) is 25.5. The van der Waals surface area contributed by atoms with Crippen LogP contribution in [0, 0.1) is 23.5 Å². The van der Waals surface area contributed by atoms with Gasteiger partial charge in [0.2, 0.25) is 5.88 Å². The maximum absolute atomic E-state index is 16.1. The molecule has 7 rings (SSSR count). The van der Waals surface area contributed by atoms with Crippen molar-refractivity contribution >= 4 is 5.97 Å². The number of rotatable bonds is 9. The van der Waals surface area contributed by atoms with Crippen molar-refractivity contribution in [1.29, 1.82) is 0 Å². The van der Waals surface area contributed by atoms with Crippen molar-refractivity contribution in [1.82, 2.24) is 9.88 Å². The van der Waals surface area contributed by atoms with E-state index in [-0.39, 0.29) is 23.0 Å². The highest BCUT2D eigenvalue weighted by molar-refractivity contribution is 5.71. The van der Waals surface area contributed by atoms with Gasteiger partial charge in [-0.1, -0.05) is 25.5 Å². The Morgan fingerprint density at radius 2 is 1.91 bits per heavy atom. The van der Waals surface area contributed by atoms with Crippen LogP contribution in [-0.4, -0.2) is 40.2 Å². The van der Waals surface area contributed by atoms with E-state index in [0.29, 0.717) is 35.8 Å². The number of hydrogen-bond donors (Lipinski definition) is 1. The number of hydrogen-bond acceptors (Lipinski definition) is 5. The summed E-state index contributed by atoms with van der Waals surface area (Å²) in [5, 5.41) is 9.77. The normalized spacial score (nSPS) is 22.1. The third-order valence-corrected chi connectivity index (χ3v) is 10.5. The van der Waals surface area contributed by atoms with Gasteiger partial charge in [-0.25, -0.2) is 13.8 Å². The fourth-order valence-electron chi connectivity index (χ4n) is 7.67. The van der Waals surface area contributed by atoms with E-state index in [9.17, 15) is 9.90 Å². The van der Waals surface area contributed by atoms with Crippen LogP contribution in [0.1, 0.15) is 92.6 Å². The van der Waals surface area contributed by atoms with Crippen LogP contribution >= 0.6 is 0 Å². The summed E-state index contributed by atoms with van der Waals surface area (Å²) in [6.45, 7) is 3.33. The molecule has 1 N–H and O–H groups in total. The number of fused-ring (bicyclic) bond motifs is 1. The molecule has 2 aliphatic carbocycles. The zero-order chi connectivity index (χ0) is 30.6. The predicted octanol–water partition coefficient (Wildman–Crippen LogP) is 7.83. The highest BCUT2D eigenvalue weighted by atomic mass is 19.1. The number of benzene rings is 2. The van der Waals surface area contributed by atoms with E-state index in [1.807, 2.05) is 24.3 Å². The van der Waals surface area contributed by atoms with Gasteiger partial charge in [0.1, 0.15) is 29.2 Å². The number of piperidine rings is 1. The molecule has 232 valence electrons. The van der Waals surface area contributed by atoms with E-state index >= 15 is 8.78 Å². The molecule has 6 nitrogen and oxygen atoms in total. The first-order chi connectivity index (χ1) is 21.3. The molecule has 44 heavy (non-hydrogen) atoms. The Kier molecular flexibility index (Phi) is 7.59. The largest absolute Gasteiger partial charge is 0.485 e. The molecule has 1 spiro atoms. The average molecular weight is 603 g/mol. The highest BCUT2D eigenvalue weighted by Gasteiger charge is 2.48. The molecule has 2 aromatic carbocycles. The molecule has 0 radical (unpaired) electrons.